The molecule has 1 aromatic rings. The Kier molecular flexibility index (Phi) is 6.02. The van der Waals surface area contributed by atoms with E-state index in [0.717, 1.165) is 10.4 Å². The van der Waals surface area contributed by atoms with Crippen molar-refractivity contribution in [2.75, 3.05) is 13.6 Å². The number of nitrogens with one attached hydrogen (secondary N) is 1. The number of nitrogens with zero attached hydrogens (tertiary/aromatic N) is 1. The number of halogens is 4. The Balaban J connectivity index is 3.11. The van der Waals surface area contributed by atoms with Gasteiger partial charge in [0.15, 0.2) is 0 Å². The van der Waals surface area contributed by atoms with Crippen LogP contribution in [0.15, 0.2) is 23.1 Å². The van der Waals surface area contributed by atoms with Crippen LogP contribution in [0.5, 0.6) is 0 Å². The van der Waals surface area contributed by atoms with Gasteiger partial charge in [0.2, 0.25) is 15.9 Å². The predicted molar refractivity (Wildman–Crippen MR) is 77.8 cm³/mol. The van der Waals surface area contributed by atoms with E-state index in [4.69, 9.17) is 17.4 Å². The van der Waals surface area contributed by atoms with Crippen molar-refractivity contribution in [3.05, 3.63) is 28.8 Å². The van der Waals surface area contributed by atoms with Gasteiger partial charge in [0, 0.05) is 13.6 Å². The van der Waals surface area contributed by atoms with Gasteiger partial charge in [-0.05, 0) is 18.2 Å². The first-order valence-electron chi connectivity index (χ1n) is 6.24. The van der Waals surface area contributed by atoms with Crippen LogP contribution in [0.25, 0.3) is 0 Å². The van der Waals surface area contributed by atoms with Gasteiger partial charge in [-0.15, -0.1) is 0 Å². The lowest BCUT2D eigenvalue weighted by molar-refractivity contribution is -0.137. The Morgan fingerprint density at radius 3 is 2.43 bits per heavy atom. The van der Waals surface area contributed by atoms with Gasteiger partial charge in [0.1, 0.15) is 4.90 Å². The summed E-state index contributed by atoms with van der Waals surface area (Å²) in [5, 5.41) is -0.553. The van der Waals surface area contributed by atoms with E-state index in [1.54, 1.807) is 0 Å². The molecule has 1 unspecified atom stereocenters. The molecule has 3 N–H and O–H groups in total. The van der Waals surface area contributed by atoms with E-state index in [1.165, 1.54) is 14.0 Å². The van der Waals surface area contributed by atoms with Crippen molar-refractivity contribution < 1.29 is 26.4 Å². The molecule has 0 spiro atoms. The molecule has 0 aliphatic carbocycles. The Labute approximate surface area is 136 Å². The lowest BCUT2D eigenvalue weighted by Gasteiger charge is -2.21. The molecule has 0 saturated carbocycles. The fourth-order valence-corrected chi connectivity index (χ4v) is 3.54. The van der Waals surface area contributed by atoms with Crippen molar-refractivity contribution in [2.45, 2.75) is 18.0 Å². The highest BCUT2D eigenvalue weighted by atomic mass is 35.5. The average Bonchev–Trinajstić information content (AvgIpc) is 2.44. The Bertz CT molecular complexity index is 695. The summed E-state index contributed by atoms with van der Waals surface area (Å²) in [4.78, 5) is 10.8. The molecule has 0 radical (unpaired) electrons. The maximum Gasteiger partial charge on any atom is 0.416 e. The second-order valence-corrected chi connectivity index (χ2v) is 7.26. The van der Waals surface area contributed by atoms with Crippen LogP contribution in [0.3, 0.4) is 0 Å². The van der Waals surface area contributed by atoms with Gasteiger partial charge in [-0.2, -0.15) is 13.2 Å². The zero-order valence-electron chi connectivity index (χ0n) is 12.2. The van der Waals surface area contributed by atoms with E-state index >= 15 is 0 Å². The second kappa shape index (κ2) is 7.04. The minimum Gasteiger partial charge on any atom is -0.294 e. The summed E-state index contributed by atoms with van der Waals surface area (Å²) in [7, 11) is -2.97. The number of carbonyl (C=O) groups is 1. The molecule has 1 atom stereocenters. The Hall–Kier alpha value is -1.36. The highest BCUT2D eigenvalue weighted by Crippen LogP contribution is 2.34. The van der Waals surface area contributed by atoms with Gasteiger partial charge >= 0.3 is 6.18 Å². The van der Waals surface area contributed by atoms with Crippen molar-refractivity contribution in [1.29, 1.82) is 0 Å². The molecule has 23 heavy (non-hydrogen) atoms. The minimum atomic E-state index is -4.63. The lowest BCUT2D eigenvalue weighted by atomic mass is 10.2. The van der Waals surface area contributed by atoms with Crippen molar-refractivity contribution in [3.63, 3.8) is 0 Å². The van der Waals surface area contributed by atoms with Gasteiger partial charge < -0.3 is 0 Å². The first kappa shape index (κ1) is 19.7. The maximum atomic E-state index is 12.6. The number of alkyl halides is 3. The fraction of sp³-hybridized carbons (Fsp3) is 0.417. The number of hydrogen-bond donors (Lipinski definition) is 2. The van der Waals surface area contributed by atoms with Crippen LogP contribution in [0.1, 0.15) is 12.5 Å². The number of rotatable bonds is 5. The number of carbonyl (C=O) groups excluding carboxylic acids is 1. The maximum absolute atomic E-state index is 12.6. The predicted octanol–water partition coefficient (Wildman–Crippen LogP) is 1.61. The van der Waals surface area contributed by atoms with Crippen molar-refractivity contribution in [3.8, 4) is 0 Å². The smallest absolute Gasteiger partial charge is 0.294 e. The molecule has 0 saturated heterocycles. The van der Waals surface area contributed by atoms with Crippen molar-refractivity contribution in [1.82, 2.24) is 9.73 Å². The van der Waals surface area contributed by atoms with E-state index < -0.39 is 43.5 Å². The minimum absolute atomic E-state index is 0.220. The standard InChI is InChI=1S/C12H15ClF3N3O3S/c1-7(11(20)18-17)6-19(2)23(21,22)10-4-3-8(5-9(10)13)12(14,15)16/h3-5,7H,6,17H2,1-2H3,(H,18,20). The third-order valence-corrected chi connectivity index (χ3v) is 5.37. The van der Waals surface area contributed by atoms with Crippen LogP contribution in [0.4, 0.5) is 13.2 Å². The molecule has 0 heterocycles. The van der Waals surface area contributed by atoms with Crippen molar-refractivity contribution >= 4 is 27.5 Å². The van der Waals surface area contributed by atoms with Crippen LogP contribution in [-0.2, 0) is 21.0 Å². The van der Waals surface area contributed by atoms with Gasteiger partial charge in [0.25, 0.3) is 0 Å². The third kappa shape index (κ3) is 4.56. The van der Waals surface area contributed by atoms with Crippen LogP contribution < -0.4 is 11.3 Å². The van der Waals surface area contributed by atoms with E-state index in [0.29, 0.717) is 12.1 Å². The summed E-state index contributed by atoms with van der Waals surface area (Å²) in [6.45, 7) is 1.23. The zero-order chi connectivity index (χ0) is 18.0. The molecule has 0 aliphatic heterocycles. The summed E-state index contributed by atoms with van der Waals surface area (Å²) < 4.78 is 63.3. The van der Waals surface area contributed by atoms with Gasteiger partial charge in [-0.25, -0.2) is 18.6 Å². The van der Waals surface area contributed by atoms with Gasteiger partial charge in [0.05, 0.1) is 16.5 Å². The topological polar surface area (TPSA) is 92.5 Å². The molecule has 1 amide bonds. The third-order valence-electron chi connectivity index (χ3n) is 3.07. The second-order valence-electron chi connectivity index (χ2n) is 4.84. The highest BCUT2D eigenvalue weighted by molar-refractivity contribution is 7.89. The van der Waals surface area contributed by atoms with E-state index in [-0.39, 0.29) is 6.54 Å². The first-order valence-corrected chi connectivity index (χ1v) is 8.06. The van der Waals surface area contributed by atoms with E-state index in [1.807, 2.05) is 5.43 Å². The summed E-state index contributed by atoms with van der Waals surface area (Å²) in [6.07, 6.45) is -4.63. The molecule has 1 aromatic carbocycles. The number of hydrazine groups is 1. The monoisotopic (exact) mass is 373 g/mol. The number of amides is 1. The molecule has 0 fully saturated rings. The number of hydrogen-bond acceptors (Lipinski definition) is 4. The normalized spacial score (nSPS) is 13.9. The molecular formula is C12H15ClF3N3O3S. The molecule has 0 aromatic heterocycles. The van der Waals surface area contributed by atoms with Crippen LogP contribution in [-0.4, -0.2) is 32.2 Å². The average molecular weight is 374 g/mol. The van der Waals surface area contributed by atoms with E-state index in [2.05, 4.69) is 0 Å². The molecule has 130 valence electrons. The van der Waals surface area contributed by atoms with Gasteiger partial charge in [-0.3, -0.25) is 10.2 Å². The zero-order valence-corrected chi connectivity index (χ0v) is 13.8. The quantitative estimate of drug-likeness (QED) is 0.466. The SMILES string of the molecule is CC(CN(C)S(=O)(=O)c1ccc(C(F)(F)F)cc1Cl)C(=O)NN. The Morgan fingerprint density at radius 1 is 1.43 bits per heavy atom. The molecule has 0 bridgehead atoms. The summed E-state index contributed by atoms with van der Waals surface area (Å²) >= 11 is 5.69. The fourth-order valence-electron chi connectivity index (χ4n) is 1.76. The van der Waals surface area contributed by atoms with Crippen LogP contribution in [0.2, 0.25) is 5.02 Å². The largest absolute Gasteiger partial charge is 0.416 e. The molecule has 1 rings (SSSR count). The van der Waals surface area contributed by atoms with Crippen molar-refractivity contribution in [2.24, 2.45) is 11.8 Å². The van der Waals surface area contributed by atoms with Crippen LogP contribution in [0, 0.1) is 5.92 Å². The molecule has 11 heteroatoms. The summed E-state index contributed by atoms with van der Waals surface area (Å²) in [5.41, 5.74) is 0.830. The first-order chi connectivity index (χ1) is 10.4. The number of benzene rings is 1. The highest BCUT2D eigenvalue weighted by Gasteiger charge is 2.33. The number of nitrogens with two attached hydrogens (primary N) is 1. The van der Waals surface area contributed by atoms with Gasteiger partial charge in [-0.1, -0.05) is 18.5 Å². The summed E-state index contributed by atoms with van der Waals surface area (Å²) in [5.74, 6) is 3.62. The van der Waals surface area contributed by atoms with E-state index in [9.17, 15) is 26.4 Å². The molecule has 0 aliphatic rings. The van der Waals surface area contributed by atoms with Crippen LogP contribution >= 0.6 is 11.6 Å². The molecule has 6 nitrogen and oxygen atoms in total. The lowest BCUT2D eigenvalue weighted by Crippen LogP contribution is -2.41. The Morgan fingerprint density at radius 2 is 2.00 bits per heavy atom. The number of sulfonamides is 1. The molecular weight excluding hydrogens is 359 g/mol. The summed E-state index contributed by atoms with van der Waals surface area (Å²) in [6, 6.07) is 1.95.